The fourth-order valence-electron chi connectivity index (χ4n) is 3.21. The van der Waals surface area contributed by atoms with Gasteiger partial charge in [-0.25, -0.2) is 0 Å². The highest BCUT2D eigenvalue weighted by Crippen LogP contribution is 2.37. The van der Waals surface area contributed by atoms with Gasteiger partial charge in [0.15, 0.2) is 0 Å². The number of carbonyl (C=O) groups excluding carboxylic acids is 1. The van der Waals surface area contributed by atoms with Crippen molar-refractivity contribution in [2.24, 2.45) is 0 Å². The zero-order valence-corrected chi connectivity index (χ0v) is 16.9. The molecule has 5 heteroatoms. The molecule has 5 nitrogen and oxygen atoms in total. The molecule has 0 bridgehead atoms. The number of nitrogens with one attached hydrogen (secondary N) is 1. The molecule has 0 saturated carbocycles. The summed E-state index contributed by atoms with van der Waals surface area (Å²) in [6.45, 7) is 8.36. The number of carbonyl (C=O) groups is 1. The van der Waals surface area contributed by atoms with E-state index >= 15 is 0 Å². The molecule has 1 heterocycles. The summed E-state index contributed by atoms with van der Waals surface area (Å²) in [5.41, 5.74) is 5.18. The number of anilines is 1. The summed E-state index contributed by atoms with van der Waals surface area (Å²) in [6.07, 6.45) is 3.32. The zero-order valence-electron chi connectivity index (χ0n) is 16.9. The second kappa shape index (κ2) is 8.21. The Morgan fingerprint density at radius 3 is 2.75 bits per heavy atom. The minimum absolute atomic E-state index is 0.213. The highest BCUT2D eigenvalue weighted by molar-refractivity contribution is 6.05. The summed E-state index contributed by atoms with van der Waals surface area (Å²) in [5.74, 6) is 1.22. The van der Waals surface area contributed by atoms with Crippen molar-refractivity contribution in [3.05, 3.63) is 59.4 Å². The molecule has 1 N–H and O–H groups in total. The number of amides is 1. The van der Waals surface area contributed by atoms with E-state index in [9.17, 15) is 4.79 Å². The van der Waals surface area contributed by atoms with Crippen LogP contribution in [0, 0.1) is 13.8 Å². The first-order valence-corrected chi connectivity index (χ1v) is 9.22. The first-order valence-electron chi connectivity index (χ1n) is 9.22. The maximum Gasteiger partial charge on any atom is 0.248 e. The van der Waals surface area contributed by atoms with E-state index in [0.717, 1.165) is 39.0 Å². The van der Waals surface area contributed by atoms with Crippen molar-refractivity contribution < 1.29 is 18.7 Å². The van der Waals surface area contributed by atoms with Crippen molar-refractivity contribution in [1.29, 1.82) is 0 Å². The van der Waals surface area contributed by atoms with E-state index in [4.69, 9.17) is 13.9 Å². The van der Waals surface area contributed by atoms with Crippen molar-refractivity contribution in [3.63, 3.8) is 0 Å². The SMILES string of the molecule is CCOc1c(/C(C)=C/C(=O)Nc2cccc(OC)c2)cc2c(C)coc2c1C. The summed E-state index contributed by atoms with van der Waals surface area (Å²) < 4.78 is 16.8. The number of rotatable bonds is 6. The Morgan fingerprint density at radius 2 is 2.04 bits per heavy atom. The number of furan rings is 1. The maximum absolute atomic E-state index is 12.5. The summed E-state index contributed by atoms with van der Waals surface area (Å²) >= 11 is 0. The number of methoxy groups -OCH3 is 1. The van der Waals surface area contributed by atoms with Crippen LogP contribution in [0.15, 0.2) is 47.1 Å². The molecule has 3 rings (SSSR count). The van der Waals surface area contributed by atoms with Crippen LogP contribution in [0.5, 0.6) is 11.5 Å². The number of ether oxygens (including phenoxy) is 2. The molecule has 0 radical (unpaired) electrons. The van der Waals surface area contributed by atoms with Crippen LogP contribution < -0.4 is 14.8 Å². The second-order valence-corrected chi connectivity index (χ2v) is 6.66. The van der Waals surface area contributed by atoms with Crippen LogP contribution in [0.3, 0.4) is 0 Å². The summed E-state index contributed by atoms with van der Waals surface area (Å²) in [6, 6.07) is 9.28. The van der Waals surface area contributed by atoms with Crippen LogP contribution in [0.1, 0.15) is 30.5 Å². The van der Waals surface area contributed by atoms with Gasteiger partial charge in [-0.15, -0.1) is 0 Å². The third kappa shape index (κ3) is 3.88. The Labute approximate surface area is 164 Å². The molecule has 28 heavy (non-hydrogen) atoms. The fourth-order valence-corrected chi connectivity index (χ4v) is 3.21. The Bertz CT molecular complexity index is 1050. The predicted octanol–water partition coefficient (Wildman–Crippen LogP) is 5.50. The number of allylic oxidation sites excluding steroid dienone is 1. The van der Waals surface area contributed by atoms with E-state index in [-0.39, 0.29) is 5.91 Å². The van der Waals surface area contributed by atoms with Crippen LogP contribution >= 0.6 is 0 Å². The monoisotopic (exact) mass is 379 g/mol. The van der Waals surface area contributed by atoms with Crippen LogP contribution in [0.4, 0.5) is 5.69 Å². The molecule has 2 aromatic carbocycles. The molecule has 0 spiro atoms. The Balaban J connectivity index is 1.96. The fraction of sp³-hybridized carbons (Fsp3) is 0.261. The Morgan fingerprint density at radius 1 is 1.25 bits per heavy atom. The molecular formula is C23H25NO4. The lowest BCUT2D eigenvalue weighted by Gasteiger charge is -2.14. The van der Waals surface area contributed by atoms with Crippen molar-refractivity contribution in [2.75, 3.05) is 19.0 Å². The van der Waals surface area contributed by atoms with Crippen LogP contribution in [0.25, 0.3) is 16.5 Å². The molecule has 146 valence electrons. The van der Waals surface area contributed by atoms with E-state index in [1.807, 2.05) is 52.0 Å². The number of hydrogen-bond acceptors (Lipinski definition) is 4. The van der Waals surface area contributed by atoms with Gasteiger partial charge in [-0.2, -0.15) is 0 Å². The Kier molecular flexibility index (Phi) is 5.73. The van der Waals surface area contributed by atoms with Crippen molar-refractivity contribution >= 4 is 28.1 Å². The molecule has 3 aromatic rings. The normalized spacial score (nSPS) is 11.5. The molecule has 1 aromatic heterocycles. The molecule has 0 aliphatic heterocycles. The molecule has 0 unspecified atom stereocenters. The largest absolute Gasteiger partial charge is 0.497 e. The molecule has 0 atom stereocenters. The van der Waals surface area contributed by atoms with Gasteiger partial charge in [0.2, 0.25) is 5.91 Å². The van der Waals surface area contributed by atoms with Gasteiger partial charge < -0.3 is 19.2 Å². The van der Waals surface area contributed by atoms with Crippen LogP contribution in [-0.4, -0.2) is 19.6 Å². The highest BCUT2D eigenvalue weighted by Gasteiger charge is 2.17. The molecule has 0 aliphatic carbocycles. The minimum Gasteiger partial charge on any atom is -0.497 e. The van der Waals surface area contributed by atoms with Gasteiger partial charge in [0.1, 0.15) is 17.1 Å². The zero-order chi connectivity index (χ0) is 20.3. The maximum atomic E-state index is 12.5. The van der Waals surface area contributed by atoms with Gasteiger partial charge in [0.05, 0.1) is 20.0 Å². The smallest absolute Gasteiger partial charge is 0.248 e. The van der Waals surface area contributed by atoms with E-state index < -0.39 is 0 Å². The van der Waals surface area contributed by atoms with Gasteiger partial charge in [-0.1, -0.05) is 6.07 Å². The molecule has 0 saturated heterocycles. The van der Waals surface area contributed by atoms with Crippen LogP contribution in [-0.2, 0) is 4.79 Å². The van der Waals surface area contributed by atoms with E-state index in [1.165, 1.54) is 0 Å². The van der Waals surface area contributed by atoms with Gasteiger partial charge in [0.25, 0.3) is 0 Å². The van der Waals surface area contributed by atoms with Crippen molar-refractivity contribution in [1.82, 2.24) is 0 Å². The van der Waals surface area contributed by atoms with Gasteiger partial charge in [0, 0.05) is 34.3 Å². The average Bonchev–Trinajstić information content (AvgIpc) is 3.05. The lowest BCUT2D eigenvalue weighted by Crippen LogP contribution is -2.09. The van der Waals surface area contributed by atoms with Crippen LogP contribution in [0.2, 0.25) is 0 Å². The van der Waals surface area contributed by atoms with Crippen molar-refractivity contribution in [3.8, 4) is 11.5 Å². The number of benzene rings is 2. The van der Waals surface area contributed by atoms with Gasteiger partial charge in [-0.05, 0) is 57.0 Å². The third-order valence-electron chi connectivity index (χ3n) is 4.64. The van der Waals surface area contributed by atoms with Gasteiger partial charge >= 0.3 is 0 Å². The van der Waals surface area contributed by atoms with Crippen molar-refractivity contribution in [2.45, 2.75) is 27.7 Å². The topological polar surface area (TPSA) is 60.7 Å². The molecule has 1 amide bonds. The van der Waals surface area contributed by atoms with Gasteiger partial charge in [-0.3, -0.25) is 4.79 Å². The summed E-state index contributed by atoms with van der Waals surface area (Å²) in [4.78, 5) is 12.5. The predicted molar refractivity (Wildman–Crippen MR) is 112 cm³/mol. The third-order valence-corrected chi connectivity index (χ3v) is 4.64. The lowest BCUT2D eigenvalue weighted by atomic mass is 9.98. The number of fused-ring (bicyclic) bond motifs is 1. The standard InChI is InChI=1S/C23H25NO4/c1-6-27-22-16(4)23-20(15(3)13-28-23)12-19(22)14(2)10-21(25)24-17-8-7-9-18(11-17)26-5/h7-13H,6H2,1-5H3,(H,24,25)/b14-10+. The van der Waals surface area contributed by atoms with E-state index in [0.29, 0.717) is 18.0 Å². The van der Waals surface area contributed by atoms with E-state index in [2.05, 4.69) is 5.32 Å². The first-order chi connectivity index (χ1) is 13.4. The Hall–Kier alpha value is -3.21. The highest BCUT2D eigenvalue weighted by atomic mass is 16.5. The lowest BCUT2D eigenvalue weighted by molar-refractivity contribution is -0.111. The van der Waals surface area contributed by atoms with E-state index in [1.54, 1.807) is 25.5 Å². The molecule has 0 fully saturated rings. The second-order valence-electron chi connectivity index (χ2n) is 6.66. The average molecular weight is 379 g/mol. The molecular weight excluding hydrogens is 354 g/mol. The minimum atomic E-state index is -0.213. The number of aryl methyl sites for hydroxylation is 2. The summed E-state index contributed by atoms with van der Waals surface area (Å²) in [7, 11) is 1.59. The number of hydrogen-bond donors (Lipinski definition) is 1. The quantitative estimate of drug-likeness (QED) is 0.575. The first kappa shape index (κ1) is 19.5. The summed E-state index contributed by atoms with van der Waals surface area (Å²) in [5, 5.41) is 3.90. The molecule has 0 aliphatic rings.